The standard InChI is InChI=1S/C47H46F2N4O5.ClH/c1-51(2)33-24-27-52(28-25-33)43(54)30-39-38-14-5-8-17-40(38)53(29-26-47(39,48)49)46(56)31-20-22-32(23-21-31)50-45(55)44-36(34-12-6-9-18-41(34)57-3)15-11-16-37(44)35-13-7-10-19-42(35)58-4;/h5-23,30,33H,24-29H2,1-4H3,(H,50,55);1H/b39-30-;. The maximum absolute atomic E-state index is 16.0. The maximum atomic E-state index is 16.0. The van der Waals surface area contributed by atoms with Crippen LogP contribution in [0.25, 0.3) is 27.8 Å². The van der Waals surface area contributed by atoms with E-state index in [-0.39, 0.29) is 30.1 Å². The first-order valence-corrected chi connectivity index (χ1v) is 19.3. The third kappa shape index (κ3) is 8.86. The molecule has 0 radical (unpaired) electrons. The number of para-hydroxylation sites is 3. The molecule has 3 amide bonds. The zero-order chi connectivity index (χ0) is 41.0. The van der Waals surface area contributed by atoms with E-state index in [2.05, 4.69) is 10.2 Å². The molecule has 0 spiro atoms. The van der Waals surface area contributed by atoms with E-state index in [1.54, 1.807) is 61.6 Å². The van der Waals surface area contributed by atoms with Gasteiger partial charge >= 0.3 is 0 Å². The Bertz CT molecular complexity index is 2290. The number of hydrogen-bond donors (Lipinski definition) is 1. The van der Waals surface area contributed by atoms with E-state index in [4.69, 9.17) is 9.47 Å². The number of rotatable bonds is 9. The lowest BCUT2D eigenvalue weighted by Crippen LogP contribution is -2.44. The van der Waals surface area contributed by atoms with Gasteiger partial charge in [0.1, 0.15) is 11.5 Å². The van der Waals surface area contributed by atoms with Gasteiger partial charge in [0, 0.05) is 71.7 Å². The SMILES string of the molecule is COc1ccccc1-c1cccc(-c2ccccc2OC)c1C(=O)Nc1ccc(C(=O)N2CCC(F)(F)/C(=C\C(=O)N3CCC(N(C)C)CC3)c3ccccc32)cc1.Cl. The van der Waals surface area contributed by atoms with E-state index >= 15 is 8.78 Å². The van der Waals surface area contributed by atoms with E-state index in [0.29, 0.717) is 58.7 Å². The molecule has 306 valence electrons. The van der Waals surface area contributed by atoms with Crippen molar-refractivity contribution in [3.05, 3.63) is 138 Å². The van der Waals surface area contributed by atoms with Crippen molar-refractivity contribution in [1.29, 1.82) is 0 Å². The Balaban J connectivity index is 0.00000585. The molecule has 1 fully saturated rings. The van der Waals surface area contributed by atoms with Crippen molar-refractivity contribution in [2.75, 3.05) is 58.2 Å². The number of fused-ring (bicyclic) bond motifs is 1. The molecule has 5 aromatic rings. The molecule has 0 unspecified atom stereocenters. The first-order chi connectivity index (χ1) is 28.0. The van der Waals surface area contributed by atoms with Crippen LogP contribution < -0.4 is 19.7 Å². The molecular formula is C47H47ClF2N4O5. The van der Waals surface area contributed by atoms with Gasteiger partial charge in [-0.3, -0.25) is 14.4 Å². The maximum Gasteiger partial charge on any atom is 0.275 e. The van der Waals surface area contributed by atoms with E-state index in [9.17, 15) is 14.4 Å². The van der Waals surface area contributed by atoms with Gasteiger partial charge in [0.15, 0.2) is 0 Å². The number of amides is 3. The van der Waals surface area contributed by atoms with Gasteiger partial charge in [0.25, 0.3) is 17.7 Å². The summed E-state index contributed by atoms with van der Waals surface area (Å²) in [6, 6.07) is 33.7. The van der Waals surface area contributed by atoms with Crippen LogP contribution in [-0.2, 0) is 4.79 Å². The van der Waals surface area contributed by atoms with Crippen LogP contribution in [0.4, 0.5) is 20.2 Å². The summed E-state index contributed by atoms with van der Waals surface area (Å²) in [4.78, 5) is 47.0. The number of benzene rings is 5. The molecule has 7 rings (SSSR count). The number of piperidine rings is 1. The molecule has 1 N–H and O–H groups in total. The van der Waals surface area contributed by atoms with Gasteiger partial charge in [-0.05, 0) is 80.5 Å². The van der Waals surface area contributed by atoms with Crippen LogP contribution in [0, 0.1) is 0 Å². The largest absolute Gasteiger partial charge is 0.496 e. The number of methoxy groups -OCH3 is 2. The summed E-state index contributed by atoms with van der Waals surface area (Å²) in [5.41, 5.74) is 3.83. The Morgan fingerprint density at radius 1 is 0.712 bits per heavy atom. The second-order valence-corrected chi connectivity index (χ2v) is 14.7. The lowest BCUT2D eigenvalue weighted by atomic mass is 9.90. The molecule has 9 nitrogen and oxygen atoms in total. The molecule has 2 heterocycles. The molecule has 12 heteroatoms. The molecule has 0 atom stereocenters. The number of carbonyl (C=O) groups excluding carboxylic acids is 3. The number of nitrogens with zero attached hydrogens (tertiary/aromatic N) is 3. The summed E-state index contributed by atoms with van der Waals surface area (Å²) in [5, 5.41) is 3.00. The predicted octanol–water partition coefficient (Wildman–Crippen LogP) is 9.33. The van der Waals surface area contributed by atoms with Crippen LogP contribution in [-0.4, -0.2) is 87.4 Å². The lowest BCUT2D eigenvalue weighted by Gasteiger charge is -2.35. The van der Waals surface area contributed by atoms with Crippen molar-refractivity contribution in [2.24, 2.45) is 0 Å². The minimum absolute atomic E-state index is 0. The molecule has 0 bridgehead atoms. The van der Waals surface area contributed by atoms with Crippen LogP contribution >= 0.6 is 12.4 Å². The van der Waals surface area contributed by atoms with Crippen molar-refractivity contribution in [1.82, 2.24) is 9.80 Å². The van der Waals surface area contributed by atoms with E-state index in [1.807, 2.05) is 80.8 Å². The van der Waals surface area contributed by atoms with Crippen molar-refractivity contribution < 1.29 is 32.6 Å². The highest BCUT2D eigenvalue weighted by Gasteiger charge is 2.42. The first-order valence-electron chi connectivity index (χ1n) is 19.3. The Kier molecular flexibility index (Phi) is 13.2. The van der Waals surface area contributed by atoms with Crippen LogP contribution in [0.5, 0.6) is 11.5 Å². The Hall–Kier alpha value is -6.04. The van der Waals surface area contributed by atoms with Gasteiger partial charge in [-0.2, -0.15) is 0 Å². The fraction of sp³-hybridized carbons (Fsp3) is 0.255. The highest BCUT2D eigenvalue weighted by Crippen LogP contribution is 2.44. The lowest BCUT2D eigenvalue weighted by molar-refractivity contribution is -0.127. The van der Waals surface area contributed by atoms with E-state index in [0.717, 1.165) is 30.0 Å². The van der Waals surface area contributed by atoms with Gasteiger partial charge in [-0.15, -0.1) is 12.4 Å². The van der Waals surface area contributed by atoms with Crippen molar-refractivity contribution in [2.45, 2.75) is 31.2 Å². The van der Waals surface area contributed by atoms with Crippen LogP contribution in [0.15, 0.2) is 121 Å². The summed E-state index contributed by atoms with van der Waals surface area (Å²) < 4.78 is 43.3. The third-order valence-corrected chi connectivity index (χ3v) is 11.0. The Morgan fingerprint density at radius 3 is 1.80 bits per heavy atom. The molecule has 0 saturated carbocycles. The van der Waals surface area contributed by atoms with Crippen molar-refractivity contribution >= 4 is 47.1 Å². The molecule has 0 aromatic heterocycles. The highest BCUT2D eigenvalue weighted by molar-refractivity contribution is 6.14. The third-order valence-electron chi connectivity index (χ3n) is 11.0. The molecule has 5 aromatic carbocycles. The van der Waals surface area contributed by atoms with Gasteiger partial charge < -0.3 is 29.5 Å². The fourth-order valence-corrected chi connectivity index (χ4v) is 7.88. The van der Waals surface area contributed by atoms with Crippen molar-refractivity contribution in [3.63, 3.8) is 0 Å². The zero-order valence-corrected chi connectivity index (χ0v) is 34.2. The smallest absolute Gasteiger partial charge is 0.275 e. The van der Waals surface area contributed by atoms with Gasteiger partial charge in [-0.25, -0.2) is 8.78 Å². The Morgan fingerprint density at radius 2 is 1.24 bits per heavy atom. The number of nitrogens with one attached hydrogen (secondary N) is 1. The second-order valence-electron chi connectivity index (χ2n) is 14.7. The van der Waals surface area contributed by atoms with Crippen LogP contribution in [0.2, 0.25) is 0 Å². The molecule has 2 aliphatic heterocycles. The summed E-state index contributed by atoms with van der Waals surface area (Å²) in [6.07, 6.45) is 1.93. The molecular weight excluding hydrogens is 774 g/mol. The number of alkyl halides is 2. The average Bonchev–Trinajstić information content (AvgIpc) is 3.36. The fourth-order valence-electron chi connectivity index (χ4n) is 7.88. The molecule has 59 heavy (non-hydrogen) atoms. The van der Waals surface area contributed by atoms with Gasteiger partial charge in [0.2, 0.25) is 5.91 Å². The van der Waals surface area contributed by atoms with Gasteiger partial charge in [-0.1, -0.05) is 72.8 Å². The zero-order valence-electron chi connectivity index (χ0n) is 33.4. The van der Waals surface area contributed by atoms with Crippen molar-refractivity contribution in [3.8, 4) is 33.8 Å². The minimum atomic E-state index is -3.36. The monoisotopic (exact) mass is 820 g/mol. The number of anilines is 2. The summed E-state index contributed by atoms with van der Waals surface area (Å²) >= 11 is 0. The topological polar surface area (TPSA) is 91.4 Å². The van der Waals surface area contributed by atoms with Gasteiger partial charge in [0.05, 0.1) is 25.5 Å². The number of halogens is 3. The normalized spacial score (nSPS) is 15.8. The predicted molar refractivity (Wildman–Crippen MR) is 231 cm³/mol. The minimum Gasteiger partial charge on any atom is -0.496 e. The number of allylic oxidation sites excluding steroid dienone is 1. The molecule has 2 aliphatic rings. The highest BCUT2D eigenvalue weighted by atomic mass is 35.5. The molecule has 0 aliphatic carbocycles. The number of ether oxygens (including phenoxy) is 2. The number of hydrogen-bond acceptors (Lipinski definition) is 6. The van der Waals surface area contributed by atoms with E-state index in [1.165, 1.54) is 11.0 Å². The first kappa shape index (κ1) is 42.6. The average molecular weight is 821 g/mol. The second kappa shape index (κ2) is 18.3. The van der Waals surface area contributed by atoms with Crippen LogP contribution in [0.3, 0.4) is 0 Å². The Labute approximate surface area is 349 Å². The quantitative estimate of drug-likeness (QED) is 0.149. The summed E-state index contributed by atoms with van der Waals surface area (Å²) in [7, 11) is 7.15. The van der Waals surface area contributed by atoms with Crippen LogP contribution in [0.1, 0.15) is 45.5 Å². The number of carbonyl (C=O) groups is 3. The number of likely N-dealkylation sites (tertiary alicyclic amines) is 1. The summed E-state index contributed by atoms with van der Waals surface area (Å²) in [6.45, 7) is 0.695. The summed E-state index contributed by atoms with van der Waals surface area (Å²) in [5.74, 6) is -3.52. The van der Waals surface area contributed by atoms with E-state index < -0.39 is 35.6 Å². The molecule has 1 saturated heterocycles.